The third-order valence-corrected chi connectivity index (χ3v) is 3.71. The van der Waals surface area contributed by atoms with Gasteiger partial charge >= 0.3 is 0 Å². The minimum Gasteiger partial charge on any atom is -0.366 e. The van der Waals surface area contributed by atoms with Gasteiger partial charge in [-0.15, -0.1) is 11.6 Å². The molecule has 1 heterocycles. The average molecular weight is 270 g/mol. The molecule has 2 rings (SSSR count). The van der Waals surface area contributed by atoms with E-state index in [1.807, 2.05) is 30.3 Å². The van der Waals surface area contributed by atoms with Crippen LogP contribution >= 0.6 is 11.6 Å². The summed E-state index contributed by atoms with van der Waals surface area (Å²) < 4.78 is 5.63. The summed E-state index contributed by atoms with van der Waals surface area (Å²) in [6, 6.07) is 8.50. The number of benzene rings is 1. The molecule has 1 aliphatic heterocycles. The molecule has 18 heavy (non-hydrogen) atoms. The Kier molecular flexibility index (Phi) is 3.59. The molecule has 1 aliphatic rings. The molecule has 0 spiro atoms. The molecule has 0 N–H and O–H groups in total. The van der Waals surface area contributed by atoms with Crippen LogP contribution in [-0.2, 0) is 4.74 Å². The summed E-state index contributed by atoms with van der Waals surface area (Å²) in [7, 11) is 0. The molecular formula is C13H16ClNO3. The fraction of sp³-hybridized carbons (Fsp3) is 0.538. The number of nitrogens with zero attached hydrogens (tertiary/aromatic N) is 1. The molecule has 4 nitrogen and oxygen atoms in total. The first-order valence-electron chi connectivity index (χ1n) is 5.90. The molecule has 1 aromatic carbocycles. The number of hydrogen-bond acceptors (Lipinski definition) is 3. The first-order chi connectivity index (χ1) is 8.41. The lowest BCUT2D eigenvalue weighted by atomic mass is 9.86. The molecule has 0 bridgehead atoms. The van der Waals surface area contributed by atoms with Gasteiger partial charge in [-0.2, -0.15) is 0 Å². The monoisotopic (exact) mass is 269 g/mol. The summed E-state index contributed by atoms with van der Waals surface area (Å²) in [4.78, 5) is 10.4. The maximum atomic E-state index is 11.3. The zero-order valence-corrected chi connectivity index (χ0v) is 11.1. The number of ether oxygens (including phenoxy) is 1. The Balaban J connectivity index is 2.31. The molecule has 1 aromatic rings. The van der Waals surface area contributed by atoms with E-state index in [0.29, 0.717) is 6.61 Å². The lowest BCUT2D eigenvalue weighted by molar-refractivity contribution is -0.536. The van der Waals surface area contributed by atoms with Gasteiger partial charge in [-0.05, 0) is 19.4 Å². The topological polar surface area (TPSA) is 52.4 Å². The van der Waals surface area contributed by atoms with E-state index in [4.69, 9.17) is 16.3 Å². The van der Waals surface area contributed by atoms with Crippen LogP contribution in [0.3, 0.4) is 0 Å². The molecule has 0 unspecified atom stereocenters. The number of rotatable bonds is 3. The van der Waals surface area contributed by atoms with Crippen LogP contribution < -0.4 is 0 Å². The van der Waals surface area contributed by atoms with Gasteiger partial charge in [0, 0.05) is 4.92 Å². The minimum absolute atomic E-state index is 0.264. The van der Waals surface area contributed by atoms with Crippen molar-refractivity contribution in [2.75, 3.05) is 6.61 Å². The predicted octanol–water partition coefficient (Wildman–Crippen LogP) is 3.04. The van der Waals surface area contributed by atoms with Crippen molar-refractivity contribution in [2.24, 2.45) is 5.92 Å². The highest BCUT2D eigenvalue weighted by Crippen LogP contribution is 2.42. The molecule has 5 heteroatoms. The minimum atomic E-state index is -0.792. The van der Waals surface area contributed by atoms with Crippen LogP contribution in [0.15, 0.2) is 30.3 Å². The fourth-order valence-corrected chi connectivity index (χ4v) is 2.61. The maximum Gasteiger partial charge on any atom is 0.249 e. The molecule has 1 saturated heterocycles. The van der Waals surface area contributed by atoms with Crippen molar-refractivity contribution < 1.29 is 9.66 Å². The molecule has 98 valence electrons. The lowest BCUT2D eigenvalue weighted by Gasteiger charge is -2.25. The highest BCUT2D eigenvalue weighted by atomic mass is 35.5. The van der Waals surface area contributed by atoms with Gasteiger partial charge in [0.05, 0.1) is 17.4 Å². The van der Waals surface area contributed by atoms with Crippen molar-refractivity contribution in [1.29, 1.82) is 0 Å². The van der Waals surface area contributed by atoms with Crippen LogP contribution in [-0.4, -0.2) is 22.4 Å². The molecule has 0 saturated carbocycles. The van der Waals surface area contributed by atoms with E-state index in [-0.39, 0.29) is 10.8 Å². The zero-order chi connectivity index (χ0) is 13.3. The van der Waals surface area contributed by atoms with Crippen molar-refractivity contribution in [3.63, 3.8) is 0 Å². The molecule has 0 radical (unpaired) electrons. The van der Waals surface area contributed by atoms with Gasteiger partial charge in [-0.1, -0.05) is 30.3 Å². The van der Waals surface area contributed by atoms with Gasteiger partial charge in [-0.3, -0.25) is 10.1 Å². The largest absolute Gasteiger partial charge is 0.366 e. The van der Waals surface area contributed by atoms with Gasteiger partial charge in [0.1, 0.15) is 0 Å². The fourth-order valence-electron chi connectivity index (χ4n) is 2.41. The van der Waals surface area contributed by atoms with Crippen LogP contribution in [0.2, 0.25) is 0 Å². The van der Waals surface area contributed by atoms with Crippen molar-refractivity contribution in [1.82, 2.24) is 0 Å². The van der Waals surface area contributed by atoms with Crippen LogP contribution in [0.4, 0.5) is 0 Å². The average Bonchev–Trinajstić information content (AvgIpc) is 2.74. The van der Waals surface area contributed by atoms with Crippen LogP contribution in [0.5, 0.6) is 0 Å². The summed E-state index contributed by atoms with van der Waals surface area (Å²) in [5, 5.41) is 11.3. The molecule has 0 aliphatic carbocycles. The van der Waals surface area contributed by atoms with E-state index in [9.17, 15) is 10.1 Å². The van der Waals surface area contributed by atoms with E-state index in [1.54, 1.807) is 13.8 Å². The third-order valence-electron chi connectivity index (χ3n) is 3.43. The predicted molar refractivity (Wildman–Crippen MR) is 69.3 cm³/mol. The SMILES string of the molecule is CC(C)(Cl)[C@H]1CO[C@H](c2ccccc2)[C@H]1[N+](=O)[O-]. The quantitative estimate of drug-likeness (QED) is 0.481. The Morgan fingerprint density at radius 1 is 1.39 bits per heavy atom. The van der Waals surface area contributed by atoms with E-state index >= 15 is 0 Å². The van der Waals surface area contributed by atoms with Gasteiger partial charge in [0.25, 0.3) is 0 Å². The second-order valence-corrected chi connectivity index (χ2v) is 6.09. The number of halogens is 1. The molecule has 0 aromatic heterocycles. The Bertz CT molecular complexity index is 430. The smallest absolute Gasteiger partial charge is 0.249 e. The van der Waals surface area contributed by atoms with Crippen molar-refractivity contribution in [2.45, 2.75) is 30.9 Å². The molecule has 0 amide bonds. The highest BCUT2D eigenvalue weighted by Gasteiger charge is 2.52. The highest BCUT2D eigenvalue weighted by molar-refractivity contribution is 6.23. The van der Waals surface area contributed by atoms with E-state index < -0.39 is 17.0 Å². The van der Waals surface area contributed by atoms with Gasteiger partial charge in [0.15, 0.2) is 6.10 Å². The molecule has 3 atom stereocenters. The summed E-state index contributed by atoms with van der Waals surface area (Å²) in [5.41, 5.74) is 0.836. The second kappa shape index (κ2) is 4.86. The number of hydrogen-bond donors (Lipinski definition) is 0. The molecular weight excluding hydrogens is 254 g/mol. The normalized spacial score (nSPS) is 28.3. The van der Waals surface area contributed by atoms with E-state index in [2.05, 4.69) is 0 Å². The standard InChI is InChI=1S/C13H16ClNO3/c1-13(2,14)10-8-18-12(11(10)15(16)17)9-6-4-3-5-7-9/h3-7,10-12H,8H2,1-2H3/t10-,11-,12+/m0/s1. The first kappa shape index (κ1) is 13.3. The summed E-state index contributed by atoms with van der Waals surface area (Å²) in [6.07, 6.45) is -0.510. The van der Waals surface area contributed by atoms with Gasteiger partial charge < -0.3 is 4.74 Å². The molecule has 1 fully saturated rings. The number of alkyl halides is 1. The van der Waals surface area contributed by atoms with Crippen LogP contribution in [0, 0.1) is 16.0 Å². The second-order valence-electron chi connectivity index (χ2n) is 5.11. The van der Waals surface area contributed by atoms with Crippen molar-refractivity contribution >= 4 is 11.6 Å². The first-order valence-corrected chi connectivity index (χ1v) is 6.28. The Morgan fingerprint density at radius 3 is 2.50 bits per heavy atom. The Morgan fingerprint density at radius 2 is 2.00 bits per heavy atom. The van der Waals surface area contributed by atoms with Gasteiger partial charge in [-0.25, -0.2) is 0 Å². The maximum absolute atomic E-state index is 11.3. The van der Waals surface area contributed by atoms with Gasteiger partial charge in [0.2, 0.25) is 6.04 Å². The summed E-state index contributed by atoms with van der Waals surface area (Å²) in [6.45, 7) is 3.92. The van der Waals surface area contributed by atoms with E-state index in [0.717, 1.165) is 5.56 Å². The lowest BCUT2D eigenvalue weighted by Crippen LogP contribution is -2.39. The zero-order valence-electron chi connectivity index (χ0n) is 10.4. The number of nitro groups is 1. The van der Waals surface area contributed by atoms with Crippen LogP contribution in [0.25, 0.3) is 0 Å². The van der Waals surface area contributed by atoms with E-state index in [1.165, 1.54) is 0 Å². The Labute approximate surface area is 111 Å². The summed E-state index contributed by atoms with van der Waals surface area (Å²) >= 11 is 6.25. The van der Waals surface area contributed by atoms with Crippen molar-refractivity contribution in [3.8, 4) is 0 Å². The summed E-state index contributed by atoms with van der Waals surface area (Å²) in [5.74, 6) is -0.292. The van der Waals surface area contributed by atoms with Crippen LogP contribution in [0.1, 0.15) is 25.5 Å². The van der Waals surface area contributed by atoms with Crippen molar-refractivity contribution in [3.05, 3.63) is 46.0 Å². The Hall–Kier alpha value is -1.13. The third kappa shape index (κ3) is 2.49.